The monoisotopic (exact) mass is 427 g/mol. The molecule has 1 N–H and O–H groups in total. The minimum Gasteiger partial charge on any atom is -0.403 e. The zero-order valence-electron chi connectivity index (χ0n) is 10.3. The number of benzene rings is 1. The van der Waals surface area contributed by atoms with E-state index in [0.717, 1.165) is 13.8 Å². The lowest BCUT2D eigenvalue weighted by Crippen LogP contribution is -2.10. The second-order valence-corrected chi connectivity index (χ2v) is 7.36. The van der Waals surface area contributed by atoms with E-state index >= 15 is 0 Å². The SMILES string of the molecule is O=C(Nc1nnc(-c2ccc(Br)cc2)o1)c1ccc(Br)s1. The van der Waals surface area contributed by atoms with E-state index in [-0.39, 0.29) is 11.9 Å². The molecule has 0 fully saturated rings. The molecule has 0 unspecified atom stereocenters. The molecule has 5 nitrogen and oxygen atoms in total. The molecular formula is C13H7Br2N3O2S. The number of amides is 1. The lowest BCUT2D eigenvalue weighted by molar-refractivity contribution is 0.102. The minimum atomic E-state index is -0.281. The highest BCUT2D eigenvalue weighted by Gasteiger charge is 2.14. The van der Waals surface area contributed by atoms with Gasteiger partial charge in [-0.1, -0.05) is 21.0 Å². The Balaban J connectivity index is 1.76. The fraction of sp³-hybridized carbons (Fsp3) is 0. The first kappa shape index (κ1) is 14.4. The van der Waals surface area contributed by atoms with Gasteiger partial charge < -0.3 is 4.42 Å². The summed E-state index contributed by atoms with van der Waals surface area (Å²) >= 11 is 8.00. The third kappa shape index (κ3) is 3.39. The van der Waals surface area contributed by atoms with E-state index in [9.17, 15) is 4.79 Å². The van der Waals surface area contributed by atoms with Crippen LogP contribution in [0.25, 0.3) is 11.5 Å². The number of nitrogens with one attached hydrogen (secondary N) is 1. The fourth-order valence-corrected chi connectivity index (χ4v) is 3.12. The smallest absolute Gasteiger partial charge is 0.322 e. The van der Waals surface area contributed by atoms with Crippen molar-refractivity contribution in [2.24, 2.45) is 0 Å². The highest BCUT2D eigenvalue weighted by molar-refractivity contribution is 9.11. The third-order valence-corrected chi connectivity index (χ3v) is 4.68. The van der Waals surface area contributed by atoms with Crippen LogP contribution in [0.2, 0.25) is 0 Å². The molecule has 2 heterocycles. The molecule has 0 aliphatic carbocycles. The van der Waals surface area contributed by atoms with Crippen molar-refractivity contribution in [1.82, 2.24) is 10.2 Å². The van der Waals surface area contributed by atoms with Crippen LogP contribution in [0.1, 0.15) is 9.67 Å². The summed E-state index contributed by atoms with van der Waals surface area (Å²) in [5.41, 5.74) is 0.782. The Kier molecular flexibility index (Phi) is 4.18. The van der Waals surface area contributed by atoms with Gasteiger partial charge in [-0.15, -0.1) is 16.4 Å². The zero-order chi connectivity index (χ0) is 14.8. The highest BCUT2D eigenvalue weighted by Crippen LogP contribution is 2.24. The Hall–Kier alpha value is -1.51. The molecule has 0 radical (unpaired) electrons. The van der Waals surface area contributed by atoms with E-state index in [0.29, 0.717) is 10.8 Å². The largest absolute Gasteiger partial charge is 0.403 e. The number of carbonyl (C=O) groups is 1. The third-order valence-electron chi connectivity index (χ3n) is 2.53. The summed E-state index contributed by atoms with van der Waals surface area (Å²) < 4.78 is 7.28. The summed E-state index contributed by atoms with van der Waals surface area (Å²) in [7, 11) is 0. The quantitative estimate of drug-likeness (QED) is 0.663. The Labute approximate surface area is 140 Å². The highest BCUT2D eigenvalue weighted by atomic mass is 79.9. The topological polar surface area (TPSA) is 68.0 Å². The molecular weight excluding hydrogens is 422 g/mol. The molecule has 0 spiro atoms. The fourth-order valence-electron chi connectivity index (χ4n) is 1.58. The van der Waals surface area contributed by atoms with Gasteiger partial charge in [0, 0.05) is 10.0 Å². The number of anilines is 1. The maximum Gasteiger partial charge on any atom is 0.322 e. The van der Waals surface area contributed by atoms with Gasteiger partial charge in [0.25, 0.3) is 5.91 Å². The van der Waals surface area contributed by atoms with Crippen molar-refractivity contribution in [3.05, 3.63) is 49.5 Å². The molecule has 3 rings (SSSR count). The summed E-state index contributed by atoms with van der Waals surface area (Å²) in [4.78, 5) is 12.5. The van der Waals surface area contributed by atoms with E-state index in [1.54, 1.807) is 12.1 Å². The maximum absolute atomic E-state index is 12.0. The van der Waals surface area contributed by atoms with Gasteiger partial charge in [0.15, 0.2) is 0 Å². The van der Waals surface area contributed by atoms with Gasteiger partial charge in [-0.25, -0.2) is 0 Å². The van der Waals surface area contributed by atoms with Gasteiger partial charge in [0.2, 0.25) is 5.89 Å². The summed E-state index contributed by atoms with van der Waals surface area (Å²) in [6, 6.07) is 11.0. The number of rotatable bonds is 3. The first-order chi connectivity index (χ1) is 10.1. The van der Waals surface area contributed by atoms with Gasteiger partial charge >= 0.3 is 6.01 Å². The molecule has 21 heavy (non-hydrogen) atoms. The first-order valence-electron chi connectivity index (χ1n) is 5.78. The molecule has 0 aliphatic rings. The van der Waals surface area contributed by atoms with Crippen molar-refractivity contribution in [1.29, 1.82) is 0 Å². The van der Waals surface area contributed by atoms with Gasteiger partial charge in [0.1, 0.15) is 0 Å². The van der Waals surface area contributed by atoms with Crippen LogP contribution in [0.5, 0.6) is 0 Å². The summed E-state index contributed by atoms with van der Waals surface area (Å²) in [5, 5.41) is 10.3. The van der Waals surface area contributed by atoms with Crippen molar-refractivity contribution in [2.45, 2.75) is 0 Å². The van der Waals surface area contributed by atoms with Crippen LogP contribution in [0.3, 0.4) is 0 Å². The van der Waals surface area contributed by atoms with Gasteiger partial charge in [-0.05, 0) is 52.3 Å². The average Bonchev–Trinajstić information content (AvgIpc) is 3.09. The van der Waals surface area contributed by atoms with Crippen molar-refractivity contribution in [3.8, 4) is 11.5 Å². The molecule has 1 amide bonds. The zero-order valence-corrected chi connectivity index (χ0v) is 14.3. The number of hydrogen-bond acceptors (Lipinski definition) is 5. The van der Waals surface area contributed by atoms with Crippen LogP contribution in [0, 0.1) is 0 Å². The Morgan fingerprint density at radius 2 is 1.86 bits per heavy atom. The molecule has 8 heteroatoms. The van der Waals surface area contributed by atoms with Crippen LogP contribution >= 0.6 is 43.2 Å². The molecule has 0 atom stereocenters. The van der Waals surface area contributed by atoms with Crippen LogP contribution in [0.15, 0.2) is 49.1 Å². The van der Waals surface area contributed by atoms with Crippen LogP contribution in [0.4, 0.5) is 6.01 Å². The predicted molar refractivity (Wildman–Crippen MR) is 87.4 cm³/mol. The Morgan fingerprint density at radius 1 is 1.10 bits per heavy atom. The lowest BCUT2D eigenvalue weighted by Gasteiger charge is -1.97. The molecule has 0 bridgehead atoms. The van der Waals surface area contributed by atoms with Crippen molar-refractivity contribution in [3.63, 3.8) is 0 Å². The number of thiophene rings is 1. The molecule has 0 saturated carbocycles. The predicted octanol–water partition coefficient (Wildman–Crippen LogP) is 4.58. The van der Waals surface area contributed by atoms with E-state index in [1.807, 2.05) is 24.3 Å². The number of hydrogen-bond donors (Lipinski definition) is 1. The molecule has 106 valence electrons. The van der Waals surface area contributed by atoms with E-state index in [1.165, 1.54) is 11.3 Å². The summed E-state index contributed by atoms with van der Waals surface area (Å²) in [5.74, 6) is 0.0712. The number of aromatic nitrogens is 2. The van der Waals surface area contributed by atoms with Crippen molar-refractivity contribution < 1.29 is 9.21 Å². The number of carbonyl (C=O) groups excluding carboxylic acids is 1. The van der Waals surface area contributed by atoms with E-state index in [4.69, 9.17) is 4.42 Å². The second-order valence-electron chi connectivity index (χ2n) is 3.98. The number of halogens is 2. The summed E-state index contributed by atoms with van der Waals surface area (Å²) in [6.45, 7) is 0. The Morgan fingerprint density at radius 3 is 2.52 bits per heavy atom. The standard InChI is InChI=1S/C13H7Br2N3O2S/c14-8-3-1-7(2-4-8)12-17-18-13(20-12)16-11(19)9-5-6-10(15)21-9/h1-6H,(H,16,18,19). The minimum absolute atomic E-state index is 0.0717. The maximum atomic E-state index is 12.0. The second kappa shape index (κ2) is 6.08. The number of nitrogens with zero attached hydrogens (tertiary/aromatic N) is 2. The lowest BCUT2D eigenvalue weighted by atomic mass is 10.2. The van der Waals surface area contributed by atoms with Crippen molar-refractivity contribution >= 4 is 55.1 Å². The molecule has 3 aromatic rings. The van der Waals surface area contributed by atoms with E-state index in [2.05, 4.69) is 47.4 Å². The molecule has 0 aliphatic heterocycles. The van der Waals surface area contributed by atoms with Crippen LogP contribution in [-0.2, 0) is 0 Å². The molecule has 0 saturated heterocycles. The first-order valence-corrected chi connectivity index (χ1v) is 8.18. The Bertz CT molecular complexity index is 783. The van der Waals surface area contributed by atoms with Crippen LogP contribution in [-0.4, -0.2) is 16.1 Å². The van der Waals surface area contributed by atoms with Gasteiger partial charge in [-0.2, -0.15) is 0 Å². The summed E-state index contributed by atoms with van der Waals surface area (Å²) in [6.07, 6.45) is 0. The molecule has 1 aromatic carbocycles. The van der Waals surface area contributed by atoms with Crippen molar-refractivity contribution in [2.75, 3.05) is 5.32 Å². The van der Waals surface area contributed by atoms with E-state index < -0.39 is 0 Å². The van der Waals surface area contributed by atoms with Gasteiger partial charge in [-0.3, -0.25) is 10.1 Å². The molecule has 2 aromatic heterocycles. The average molecular weight is 429 g/mol. The normalized spacial score (nSPS) is 10.6. The van der Waals surface area contributed by atoms with Gasteiger partial charge in [0.05, 0.1) is 8.66 Å². The van der Waals surface area contributed by atoms with Crippen LogP contribution < -0.4 is 5.32 Å².